The van der Waals surface area contributed by atoms with Gasteiger partial charge in [-0.3, -0.25) is 14.5 Å². The molecule has 3 unspecified atom stereocenters. The number of aliphatic carboxylic acids is 1. The molecule has 0 radical (unpaired) electrons. The molecule has 4 atom stereocenters. The summed E-state index contributed by atoms with van der Waals surface area (Å²) in [5, 5.41) is 11.4. The van der Waals surface area contributed by atoms with Crippen LogP contribution in [0, 0.1) is 17.8 Å². The summed E-state index contributed by atoms with van der Waals surface area (Å²) in [6.45, 7) is 5.20. The zero-order chi connectivity index (χ0) is 18.9. The summed E-state index contributed by atoms with van der Waals surface area (Å²) >= 11 is 7.75. The average molecular weight is 405 g/mol. The third-order valence-electron chi connectivity index (χ3n) is 5.88. The Balaban J connectivity index is 1.51. The van der Waals surface area contributed by atoms with Gasteiger partial charge in [-0.2, -0.15) is 4.98 Å². The fourth-order valence-corrected chi connectivity index (χ4v) is 5.48. The molecule has 3 aliphatic rings. The molecule has 2 saturated heterocycles. The number of aromatic nitrogens is 2. The number of anilines is 2. The van der Waals surface area contributed by atoms with Crippen molar-refractivity contribution in [3.8, 4) is 0 Å². The van der Waals surface area contributed by atoms with Gasteiger partial charge in [0, 0.05) is 30.8 Å². The number of halogens is 1. The number of rotatable bonds is 5. The number of carboxylic acid groups (broad SMARTS) is 1. The topological polar surface area (TPSA) is 86.6 Å². The van der Waals surface area contributed by atoms with E-state index in [1.165, 1.54) is 11.3 Å². The lowest BCUT2D eigenvalue weighted by atomic mass is 10.0. The van der Waals surface area contributed by atoms with Crippen LogP contribution in [0.3, 0.4) is 0 Å². The number of carbonyl (C=O) groups is 2. The molecule has 1 N–H and O–H groups in total. The highest BCUT2D eigenvalue weighted by molar-refractivity contribution is 7.18. The lowest BCUT2D eigenvalue weighted by molar-refractivity contribution is -0.137. The number of hydrogen-bond donors (Lipinski definition) is 1. The van der Waals surface area contributed by atoms with E-state index in [2.05, 4.69) is 16.5 Å². The monoisotopic (exact) mass is 404 g/mol. The highest BCUT2D eigenvalue weighted by Crippen LogP contribution is 2.55. The minimum Gasteiger partial charge on any atom is -0.481 e. The van der Waals surface area contributed by atoms with Crippen molar-refractivity contribution in [2.24, 2.45) is 17.8 Å². The first-order valence-electron chi connectivity index (χ1n) is 8.86. The minimum absolute atomic E-state index is 0.0365. The molecule has 27 heavy (non-hydrogen) atoms. The van der Waals surface area contributed by atoms with Crippen LogP contribution in [-0.4, -0.2) is 46.1 Å². The molecule has 7 nitrogen and oxygen atoms in total. The normalized spacial score (nSPS) is 29.0. The van der Waals surface area contributed by atoms with Crippen LogP contribution < -0.4 is 9.80 Å². The van der Waals surface area contributed by atoms with E-state index in [-0.39, 0.29) is 36.1 Å². The highest BCUT2D eigenvalue weighted by Gasteiger charge is 2.62. The van der Waals surface area contributed by atoms with Gasteiger partial charge >= 0.3 is 5.97 Å². The van der Waals surface area contributed by atoms with Crippen LogP contribution in [0.25, 0.3) is 10.2 Å². The van der Waals surface area contributed by atoms with E-state index >= 15 is 0 Å². The third-order valence-corrected chi connectivity index (χ3v) is 7.26. The smallest absolute Gasteiger partial charge is 0.303 e. The van der Waals surface area contributed by atoms with Crippen LogP contribution in [0.5, 0.6) is 0 Å². The summed E-state index contributed by atoms with van der Waals surface area (Å²) < 4.78 is 0.795. The van der Waals surface area contributed by atoms with Crippen molar-refractivity contribution in [2.75, 3.05) is 22.9 Å². The number of carboxylic acids is 1. The van der Waals surface area contributed by atoms with Crippen LogP contribution in [-0.2, 0) is 9.59 Å². The lowest BCUT2D eigenvalue weighted by Gasteiger charge is -2.39. The first-order chi connectivity index (χ1) is 13.0. The third kappa shape index (κ3) is 2.46. The molecule has 5 rings (SSSR count). The molecule has 2 aromatic heterocycles. The van der Waals surface area contributed by atoms with Gasteiger partial charge in [-0.25, -0.2) is 4.98 Å². The fraction of sp³-hybridized carbons (Fsp3) is 0.444. The van der Waals surface area contributed by atoms with Crippen LogP contribution in [0.1, 0.15) is 12.8 Å². The van der Waals surface area contributed by atoms with Crippen molar-refractivity contribution in [1.29, 1.82) is 0 Å². The van der Waals surface area contributed by atoms with Crippen LogP contribution in [0.4, 0.5) is 11.8 Å². The summed E-state index contributed by atoms with van der Waals surface area (Å²) in [5.41, 5.74) is 0.659. The molecular formula is C18H17ClN4O3S. The Morgan fingerprint density at radius 3 is 2.89 bits per heavy atom. The van der Waals surface area contributed by atoms with Crippen LogP contribution >= 0.6 is 22.9 Å². The van der Waals surface area contributed by atoms with E-state index in [0.29, 0.717) is 28.9 Å². The first kappa shape index (κ1) is 16.9. The lowest BCUT2D eigenvalue weighted by Crippen LogP contribution is -2.47. The predicted molar refractivity (Wildman–Crippen MR) is 103 cm³/mol. The highest BCUT2D eigenvalue weighted by atomic mass is 35.5. The van der Waals surface area contributed by atoms with Crippen LogP contribution in [0.15, 0.2) is 18.0 Å². The van der Waals surface area contributed by atoms with E-state index in [1.807, 2.05) is 11.5 Å². The molecule has 4 heterocycles. The number of nitrogens with zero attached hydrogens (tertiary/aromatic N) is 4. The quantitative estimate of drug-likeness (QED) is 0.771. The number of hydrogen-bond acceptors (Lipinski definition) is 6. The van der Waals surface area contributed by atoms with Gasteiger partial charge in [-0.15, -0.1) is 17.9 Å². The van der Waals surface area contributed by atoms with Gasteiger partial charge < -0.3 is 10.0 Å². The Bertz CT molecular complexity index is 992. The fourth-order valence-electron chi connectivity index (χ4n) is 4.29. The van der Waals surface area contributed by atoms with Crippen molar-refractivity contribution in [1.82, 2.24) is 9.97 Å². The molecule has 1 amide bonds. The Kier molecular flexibility index (Phi) is 3.70. The summed E-state index contributed by atoms with van der Waals surface area (Å²) in [6.07, 6.45) is 2.93. The molecule has 140 valence electrons. The molecule has 3 fully saturated rings. The molecular weight excluding hydrogens is 388 g/mol. The molecule has 0 bridgehead atoms. The van der Waals surface area contributed by atoms with Gasteiger partial charge in [0.25, 0.3) is 0 Å². The van der Waals surface area contributed by atoms with Crippen molar-refractivity contribution in [3.05, 3.63) is 23.1 Å². The zero-order valence-corrected chi connectivity index (χ0v) is 15.9. The Labute approximate surface area is 164 Å². The summed E-state index contributed by atoms with van der Waals surface area (Å²) in [6, 6.07) is 0.190. The SMILES string of the molecule is C=C[C@H]1CCN1c1nc(N2CC3C(CC(=O)O)C3C2=O)c2scc(Cl)c2n1. The zero-order valence-electron chi connectivity index (χ0n) is 14.3. The summed E-state index contributed by atoms with van der Waals surface area (Å²) in [7, 11) is 0. The van der Waals surface area contributed by atoms with E-state index in [1.54, 1.807) is 4.90 Å². The number of carbonyl (C=O) groups excluding carboxylic acids is 1. The maximum Gasteiger partial charge on any atom is 0.303 e. The Morgan fingerprint density at radius 2 is 2.30 bits per heavy atom. The van der Waals surface area contributed by atoms with Crippen molar-refractivity contribution >= 4 is 56.8 Å². The van der Waals surface area contributed by atoms with E-state index in [4.69, 9.17) is 21.7 Å². The van der Waals surface area contributed by atoms with Crippen molar-refractivity contribution in [3.63, 3.8) is 0 Å². The molecule has 1 saturated carbocycles. The van der Waals surface area contributed by atoms with Gasteiger partial charge in [-0.1, -0.05) is 17.7 Å². The van der Waals surface area contributed by atoms with Crippen molar-refractivity contribution < 1.29 is 14.7 Å². The van der Waals surface area contributed by atoms with Crippen molar-refractivity contribution in [2.45, 2.75) is 18.9 Å². The van der Waals surface area contributed by atoms with Gasteiger partial charge in [0.15, 0.2) is 5.82 Å². The average Bonchev–Trinajstić information content (AvgIpc) is 2.92. The van der Waals surface area contributed by atoms with E-state index < -0.39 is 5.97 Å². The summed E-state index contributed by atoms with van der Waals surface area (Å²) in [4.78, 5) is 36.9. The molecule has 2 aliphatic heterocycles. The standard InChI is InChI=1S/C18H17ClN4O3S/c1-2-8-3-4-22(8)18-20-14-11(19)7-27-15(14)16(21-18)23-6-10-9(5-12(24)25)13(10)17(23)26/h2,7-10,13H,1,3-6H2,(H,24,25)/t8-,9?,10?,13?/m0/s1. The number of amides is 1. The maximum absolute atomic E-state index is 12.9. The van der Waals surface area contributed by atoms with Gasteiger partial charge in [0.2, 0.25) is 11.9 Å². The Morgan fingerprint density at radius 1 is 1.48 bits per heavy atom. The second-order valence-corrected chi connectivity index (χ2v) is 8.58. The minimum atomic E-state index is -0.848. The first-order valence-corrected chi connectivity index (χ1v) is 10.1. The molecule has 9 heteroatoms. The largest absolute Gasteiger partial charge is 0.481 e. The number of fused-ring (bicyclic) bond motifs is 2. The van der Waals surface area contributed by atoms with E-state index in [0.717, 1.165) is 17.7 Å². The molecule has 0 aromatic carbocycles. The second kappa shape index (κ2) is 5.90. The molecule has 1 aliphatic carbocycles. The Hall–Kier alpha value is -2.19. The second-order valence-electron chi connectivity index (χ2n) is 7.29. The van der Waals surface area contributed by atoms with Crippen LogP contribution in [0.2, 0.25) is 5.02 Å². The predicted octanol–water partition coefficient (Wildman–Crippen LogP) is 2.79. The maximum atomic E-state index is 12.9. The van der Waals surface area contributed by atoms with Gasteiger partial charge in [0.05, 0.1) is 15.8 Å². The molecule has 0 spiro atoms. The molecule has 2 aromatic rings. The summed E-state index contributed by atoms with van der Waals surface area (Å²) in [5.74, 6) is 0.120. The number of piperidine rings is 1. The number of thiophene rings is 1. The van der Waals surface area contributed by atoms with Gasteiger partial charge in [0.1, 0.15) is 5.52 Å². The van der Waals surface area contributed by atoms with Gasteiger partial charge in [-0.05, 0) is 18.3 Å². The van der Waals surface area contributed by atoms with E-state index in [9.17, 15) is 9.59 Å².